The van der Waals surface area contributed by atoms with E-state index in [4.69, 9.17) is 9.98 Å². The summed E-state index contributed by atoms with van der Waals surface area (Å²) >= 11 is 0. The largest absolute Gasteiger partial charge is 0.288 e. The van der Waals surface area contributed by atoms with E-state index in [1.165, 1.54) is 52.9 Å². The van der Waals surface area contributed by atoms with Crippen molar-refractivity contribution in [2.24, 2.45) is 9.98 Å². The third-order valence-corrected chi connectivity index (χ3v) is 5.68. The predicted molar refractivity (Wildman–Crippen MR) is 130 cm³/mol. The number of hydrogen-bond acceptors (Lipinski definition) is 2. The van der Waals surface area contributed by atoms with Crippen LogP contribution in [0.3, 0.4) is 0 Å². The van der Waals surface area contributed by atoms with Crippen LogP contribution in [0, 0.1) is 0 Å². The normalized spacial score (nSPS) is 16.8. The van der Waals surface area contributed by atoms with Gasteiger partial charge in [0.1, 0.15) is 0 Å². The maximum atomic E-state index is 5.32. The highest BCUT2D eigenvalue weighted by molar-refractivity contribution is 6.43. The molecule has 1 aliphatic carbocycles. The van der Waals surface area contributed by atoms with Crippen LogP contribution < -0.4 is 0 Å². The maximum Gasteiger partial charge on any atom is 0.0790 e. The molecule has 3 aromatic rings. The highest BCUT2D eigenvalue weighted by Gasteiger charge is 2.18. The number of nitrogens with zero attached hydrogens (tertiary/aromatic N) is 2. The Morgan fingerprint density at radius 1 is 0.667 bits per heavy atom. The van der Waals surface area contributed by atoms with Gasteiger partial charge in [-0.25, -0.2) is 0 Å². The number of para-hydroxylation sites is 1. The summed E-state index contributed by atoms with van der Waals surface area (Å²) in [5, 5.41) is 0. The van der Waals surface area contributed by atoms with E-state index in [-0.39, 0.29) is 0 Å². The second-order valence-electron chi connectivity index (χ2n) is 7.88. The fourth-order valence-electron chi connectivity index (χ4n) is 4.04. The summed E-state index contributed by atoms with van der Waals surface area (Å²) in [6.45, 7) is 3.13. The lowest BCUT2D eigenvalue weighted by Gasteiger charge is -2.19. The molecule has 30 heavy (non-hydrogen) atoms. The van der Waals surface area contributed by atoms with Crippen molar-refractivity contribution in [2.75, 3.05) is 6.54 Å². The van der Waals surface area contributed by atoms with Crippen LogP contribution in [0.1, 0.15) is 45.4 Å². The SMILES string of the molecule is CCCCN=C1CCCCC1=Nc1c(-c2ccccc2)cccc1-c1ccccc1. The molecule has 0 saturated heterocycles. The van der Waals surface area contributed by atoms with Crippen LogP contribution in [0.5, 0.6) is 0 Å². The summed E-state index contributed by atoms with van der Waals surface area (Å²) in [6, 6.07) is 27.7. The lowest BCUT2D eigenvalue weighted by Crippen LogP contribution is -2.19. The van der Waals surface area contributed by atoms with Gasteiger partial charge in [-0.2, -0.15) is 0 Å². The molecule has 0 unspecified atom stereocenters. The summed E-state index contributed by atoms with van der Waals surface area (Å²) in [6.07, 6.45) is 6.81. The Morgan fingerprint density at radius 2 is 1.23 bits per heavy atom. The molecule has 152 valence electrons. The summed E-state index contributed by atoms with van der Waals surface area (Å²) in [5.41, 5.74) is 8.24. The van der Waals surface area contributed by atoms with Crippen molar-refractivity contribution in [3.8, 4) is 22.3 Å². The summed E-state index contributed by atoms with van der Waals surface area (Å²) in [4.78, 5) is 10.3. The number of rotatable bonds is 6. The van der Waals surface area contributed by atoms with Crippen molar-refractivity contribution in [2.45, 2.75) is 45.4 Å². The van der Waals surface area contributed by atoms with Gasteiger partial charge in [-0.15, -0.1) is 0 Å². The molecule has 0 spiro atoms. The minimum Gasteiger partial charge on any atom is -0.288 e. The van der Waals surface area contributed by atoms with Gasteiger partial charge in [-0.1, -0.05) is 92.2 Å². The van der Waals surface area contributed by atoms with E-state index in [9.17, 15) is 0 Å². The zero-order chi connectivity index (χ0) is 20.6. The van der Waals surface area contributed by atoms with Crippen LogP contribution in [0.15, 0.2) is 88.8 Å². The maximum absolute atomic E-state index is 5.32. The van der Waals surface area contributed by atoms with Gasteiger partial charge in [0.05, 0.1) is 17.1 Å². The lowest BCUT2D eigenvalue weighted by atomic mass is 9.93. The zero-order valence-electron chi connectivity index (χ0n) is 17.8. The van der Waals surface area contributed by atoms with E-state index in [1.807, 2.05) is 0 Å². The number of unbranched alkanes of at least 4 members (excludes halogenated alkanes) is 1. The van der Waals surface area contributed by atoms with Crippen LogP contribution in [0.25, 0.3) is 22.3 Å². The molecular formula is C28H30N2. The molecular weight excluding hydrogens is 364 g/mol. The highest BCUT2D eigenvalue weighted by atomic mass is 14.8. The van der Waals surface area contributed by atoms with Crippen LogP contribution >= 0.6 is 0 Å². The molecule has 4 rings (SSSR count). The third kappa shape index (κ3) is 4.76. The molecule has 2 nitrogen and oxygen atoms in total. The molecule has 1 saturated carbocycles. The third-order valence-electron chi connectivity index (χ3n) is 5.68. The van der Waals surface area contributed by atoms with Gasteiger partial charge < -0.3 is 0 Å². The molecule has 1 fully saturated rings. The Kier molecular flexibility index (Phi) is 6.87. The van der Waals surface area contributed by atoms with Crippen LogP contribution in [-0.2, 0) is 0 Å². The lowest BCUT2D eigenvalue weighted by molar-refractivity contribution is 0.762. The first kappa shape index (κ1) is 20.3. The fraction of sp³-hybridized carbons (Fsp3) is 0.286. The smallest absolute Gasteiger partial charge is 0.0790 e. The predicted octanol–water partition coefficient (Wildman–Crippen LogP) is 7.91. The number of aliphatic imine (C=N–C) groups is 2. The van der Waals surface area contributed by atoms with Gasteiger partial charge in [-0.05, 0) is 43.2 Å². The Hall–Kier alpha value is -3.00. The fourth-order valence-corrected chi connectivity index (χ4v) is 4.04. The first-order chi connectivity index (χ1) is 14.9. The second kappa shape index (κ2) is 10.2. The van der Waals surface area contributed by atoms with E-state index in [0.29, 0.717) is 0 Å². The van der Waals surface area contributed by atoms with Gasteiger partial charge in [-0.3, -0.25) is 9.98 Å². The molecule has 0 heterocycles. The van der Waals surface area contributed by atoms with Crippen molar-refractivity contribution in [1.29, 1.82) is 0 Å². The minimum absolute atomic E-state index is 0.913. The van der Waals surface area contributed by atoms with Crippen LogP contribution in [-0.4, -0.2) is 18.0 Å². The summed E-state index contributed by atoms with van der Waals surface area (Å²) in [5.74, 6) is 0. The molecule has 0 radical (unpaired) electrons. The van der Waals surface area contributed by atoms with Gasteiger partial charge in [0, 0.05) is 17.7 Å². The van der Waals surface area contributed by atoms with Crippen LogP contribution in [0.4, 0.5) is 5.69 Å². The molecule has 3 aromatic carbocycles. The standard InChI is InChI=1S/C28H30N2/c1-2-3-21-29-26-19-10-11-20-27(26)30-28-24(22-13-6-4-7-14-22)17-12-18-25(28)23-15-8-5-9-16-23/h4-9,12-18H,2-3,10-11,19-21H2,1H3. The summed E-state index contributed by atoms with van der Waals surface area (Å²) in [7, 11) is 0. The average molecular weight is 395 g/mol. The highest BCUT2D eigenvalue weighted by Crippen LogP contribution is 2.39. The monoisotopic (exact) mass is 394 g/mol. The average Bonchev–Trinajstić information content (AvgIpc) is 2.81. The van der Waals surface area contributed by atoms with Crippen molar-refractivity contribution in [3.63, 3.8) is 0 Å². The topological polar surface area (TPSA) is 24.7 Å². The molecule has 1 aliphatic rings. The number of benzene rings is 3. The van der Waals surface area contributed by atoms with E-state index in [2.05, 4.69) is 85.8 Å². The quantitative estimate of drug-likeness (QED) is 0.379. The van der Waals surface area contributed by atoms with Crippen LogP contribution in [0.2, 0.25) is 0 Å². The Labute approximate surface area is 180 Å². The molecule has 0 bridgehead atoms. The number of hydrogen-bond donors (Lipinski definition) is 0. The van der Waals surface area contributed by atoms with E-state index in [1.54, 1.807) is 0 Å². The van der Waals surface area contributed by atoms with Gasteiger partial charge in [0.2, 0.25) is 0 Å². The molecule has 0 aromatic heterocycles. The molecule has 0 atom stereocenters. The van der Waals surface area contributed by atoms with Crippen molar-refractivity contribution in [3.05, 3.63) is 78.9 Å². The zero-order valence-corrected chi connectivity index (χ0v) is 17.8. The van der Waals surface area contributed by atoms with Gasteiger partial charge in [0.15, 0.2) is 0 Å². The Balaban J connectivity index is 1.86. The molecule has 0 amide bonds. The first-order valence-electron chi connectivity index (χ1n) is 11.2. The van der Waals surface area contributed by atoms with E-state index >= 15 is 0 Å². The van der Waals surface area contributed by atoms with Crippen molar-refractivity contribution >= 4 is 17.1 Å². The van der Waals surface area contributed by atoms with Crippen molar-refractivity contribution in [1.82, 2.24) is 0 Å². The Bertz CT molecular complexity index is 959. The minimum atomic E-state index is 0.913. The first-order valence-corrected chi connectivity index (χ1v) is 11.2. The van der Waals surface area contributed by atoms with E-state index < -0.39 is 0 Å². The molecule has 2 heteroatoms. The second-order valence-corrected chi connectivity index (χ2v) is 7.88. The molecule has 0 N–H and O–H groups in total. The van der Waals surface area contributed by atoms with E-state index in [0.717, 1.165) is 31.5 Å². The Morgan fingerprint density at radius 3 is 1.80 bits per heavy atom. The van der Waals surface area contributed by atoms with Gasteiger partial charge in [0.25, 0.3) is 0 Å². The van der Waals surface area contributed by atoms with Gasteiger partial charge >= 0.3 is 0 Å². The van der Waals surface area contributed by atoms with Crippen molar-refractivity contribution < 1.29 is 0 Å². The molecule has 0 aliphatic heterocycles. The summed E-state index contributed by atoms with van der Waals surface area (Å²) < 4.78 is 0.